The van der Waals surface area contributed by atoms with Crippen molar-refractivity contribution in [2.75, 3.05) is 26.3 Å². The molecule has 1 amide bonds. The lowest BCUT2D eigenvalue weighted by molar-refractivity contribution is -0.208. The van der Waals surface area contributed by atoms with E-state index in [0.29, 0.717) is 18.4 Å². The van der Waals surface area contributed by atoms with Gasteiger partial charge in [-0.25, -0.2) is 0 Å². The Labute approximate surface area is 144 Å². The van der Waals surface area contributed by atoms with Crippen LogP contribution in [0.2, 0.25) is 0 Å². The number of halogens is 1. The second-order valence-corrected chi connectivity index (χ2v) is 8.06. The zero-order valence-electron chi connectivity index (χ0n) is 14.5. The Morgan fingerprint density at radius 3 is 2.41 bits per heavy atom. The molecule has 4 nitrogen and oxygen atoms in total. The minimum absolute atomic E-state index is 0.112. The van der Waals surface area contributed by atoms with E-state index >= 15 is 0 Å². The van der Waals surface area contributed by atoms with E-state index in [4.69, 9.17) is 9.47 Å². The van der Waals surface area contributed by atoms with Gasteiger partial charge in [0.05, 0.1) is 24.6 Å². The summed E-state index contributed by atoms with van der Waals surface area (Å²) < 4.78 is 11.6. The highest BCUT2D eigenvalue weighted by atomic mass is 79.9. The van der Waals surface area contributed by atoms with Crippen LogP contribution in [0, 0.1) is 11.8 Å². The van der Waals surface area contributed by atoms with Gasteiger partial charge in [0, 0.05) is 12.5 Å². The van der Waals surface area contributed by atoms with Crippen molar-refractivity contribution in [1.82, 2.24) is 4.90 Å². The third kappa shape index (κ3) is 7.42. The molecule has 0 N–H and O–H groups in total. The molecule has 1 fully saturated rings. The van der Waals surface area contributed by atoms with E-state index < -0.39 is 0 Å². The normalized spacial score (nSPS) is 23.5. The Kier molecular flexibility index (Phi) is 9.60. The maximum absolute atomic E-state index is 12.3. The maximum Gasteiger partial charge on any atom is 0.236 e. The highest BCUT2D eigenvalue weighted by Crippen LogP contribution is 2.18. The number of ether oxygens (including phenoxy) is 2. The number of carbonyl (C=O) groups is 1. The van der Waals surface area contributed by atoms with E-state index in [9.17, 15) is 4.79 Å². The molecule has 0 aromatic heterocycles. The Balaban J connectivity index is 2.43. The summed E-state index contributed by atoms with van der Waals surface area (Å²) in [6.07, 6.45) is 4.32. The van der Waals surface area contributed by atoms with Crippen LogP contribution in [0.4, 0.5) is 0 Å². The maximum atomic E-state index is 12.3. The van der Waals surface area contributed by atoms with Crippen molar-refractivity contribution in [2.24, 2.45) is 11.8 Å². The van der Waals surface area contributed by atoms with Crippen LogP contribution >= 0.6 is 15.9 Å². The van der Waals surface area contributed by atoms with Crippen LogP contribution in [0.1, 0.15) is 53.4 Å². The highest BCUT2D eigenvalue weighted by molar-refractivity contribution is 9.10. The van der Waals surface area contributed by atoms with Gasteiger partial charge in [-0.15, -0.1) is 0 Å². The van der Waals surface area contributed by atoms with Crippen LogP contribution in [0.5, 0.6) is 0 Å². The fraction of sp³-hybridized carbons (Fsp3) is 0.941. The molecule has 5 heteroatoms. The first-order valence-electron chi connectivity index (χ1n) is 8.60. The molecule has 22 heavy (non-hydrogen) atoms. The van der Waals surface area contributed by atoms with Crippen molar-refractivity contribution in [3.05, 3.63) is 0 Å². The average molecular weight is 378 g/mol. The second-order valence-electron chi connectivity index (χ2n) is 6.69. The van der Waals surface area contributed by atoms with Crippen molar-refractivity contribution >= 4 is 21.8 Å². The third-order valence-corrected chi connectivity index (χ3v) is 4.39. The second kappa shape index (κ2) is 10.6. The van der Waals surface area contributed by atoms with Gasteiger partial charge in [0.25, 0.3) is 0 Å². The Hall–Kier alpha value is -0.130. The van der Waals surface area contributed by atoms with Gasteiger partial charge in [-0.05, 0) is 25.7 Å². The van der Waals surface area contributed by atoms with Crippen molar-refractivity contribution in [2.45, 2.75) is 64.5 Å². The Morgan fingerprint density at radius 1 is 1.27 bits per heavy atom. The highest BCUT2D eigenvalue weighted by Gasteiger charge is 2.27. The fourth-order valence-corrected chi connectivity index (χ4v) is 2.77. The van der Waals surface area contributed by atoms with E-state index in [2.05, 4.69) is 36.7 Å². The smallest absolute Gasteiger partial charge is 0.236 e. The van der Waals surface area contributed by atoms with Gasteiger partial charge in [0.2, 0.25) is 5.91 Å². The summed E-state index contributed by atoms with van der Waals surface area (Å²) >= 11 is 3.38. The summed E-state index contributed by atoms with van der Waals surface area (Å²) in [4.78, 5) is 14.0. The number of hydrogen-bond donors (Lipinski definition) is 0. The average Bonchev–Trinajstić information content (AvgIpc) is 2.49. The molecule has 0 bridgehead atoms. The van der Waals surface area contributed by atoms with Crippen molar-refractivity contribution in [3.8, 4) is 0 Å². The van der Waals surface area contributed by atoms with Crippen LogP contribution in [0.3, 0.4) is 0 Å². The summed E-state index contributed by atoms with van der Waals surface area (Å²) in [7, 11) is 0. The van der Waals surface area contributed by atoms with Gasteiger partial charge >= 0.3 is 0 Å². The van der Waals surface area contributed by atoms with Gasteiger partial charge in [-0.3, -0.25) is 4.79 Å². The predicted octanol–water partition coefficient (Wildman–Crippen LogP) is 3.82. The minimum Gasteiger partial charge on any atom is -0.350 e. The van der Waals surface area contributed by atoms with Crippen LogP contribution in [-0.2, 0) is 14.3 Å². The Bertz CT molecular complexity index is 315. The first-order chi connectivity index (χ1) is 10.4. The Morgan fingerprint density at radius 2 is 1.91 bits per heavy atom. The monoisotopic (exact) mass is 377 g/mol. The van der Waals surface area contributed by atoms with Gasteiger partial charge < -0.3 is 14.4 Å². The molecule has 1 saturated heterocycles. The summed E-state index contributed by atoms with van der Waals surface area (Å²) in [6.45, 7) is 11.2. The summed E-state index contributed by atoms with van der Waals surface area (Å²) in [5.74, 6) is 1.19. The van der Waals surface area contributed by atoms with E-state index in [1.54, 1.807) is 0 Å². The first-order valence-corrected chi connectivity index (χ1v) is 9.51. The number of hydrogen-bond acceptors (Lipinski definition) is 3. The van der Waals surface area contributed by atoms with E-state index in [1.165, 1.54) is 12.8 Å². The zero-order chi connectivity index (χ0) is 16.5. The molecule has 130 valence electrons. The van der Waals surface area contributed by atoms with Crippen LogP contribution in [0.25, 0.3) is 0 Å². The predicted molar refractivity (Wildman–Crippen MR) is 93.1 cm³/mol. The molecule has 0 aliphatic carbocycles. The molecule has 1 unspecified atom stereocenters. The minimum atomic E-state index is -0.278. The van der Waals surface area contributed by atoms with Crippen LogP contribution in [0.15, 0.2) is 0 Å². The molecule has 0 aromatic rings. The number of unbranched alkanes of at least 4 members (excludes halogenated alkanes) is 1. The van der Waals surface area contributed by atoms with Crippen molar-refractivity contribution in [1.29, 1.82) is 0 Å². The number of nitrogens with zero attached hydrogens (tertiary/aromatic N) is 1. The standard InChI is InChI=1S/C17H32BrNO3/c1-5-6-7-15-11-21-16(22-12-15)10-19(9-8-13(2)3)17(20)14(4)18/h13-16H,5-12H2,1-4H3. The van der Waals surface area contributed by atoms with Crippen molar-refractivity contribution in [3.63, 3.8) is 0 Å². The summed E-state index contributed by atoms with van der Waals surface area (Å²) in [5.41, 5.74) is 0. The quantitative estimate of drug-likeness (QED) is 0.573. The van der Waals surface area contributed by atoms with E-state index in [-0.39, 0.29) is 17.0 Å². The van der Waals surface area contributed by atoms with Gasteiger partial charge in [0.1, 0.15) is 0 Å². The molecule has 1 rings (SSSR count). The molecule has 0 aromatic carbocycles. The molecule has 0 spiro atoms. The van der Waals surface area contributed by atoms with Crippen LogP contribution < -0.4 is 0 Å². The molecule has 1 aliphatic heterocycles. The number of rotatable bonds is 9. The lowest BCUT2D eigenvalue weighted by Gasteiger charge is -2.34. The van der Waals surface area contributed by atoms with E-state index in [1.807, 2.05) is 11.8 Å². The van der Waals surface area contributed by atoms with E-state index in [0.717, 1.165) is 32.6 Å². The molecular formula is C17H32BrNO3. The molecule has 1 aliphatic rings. The first kappa shape index (κ1) is 19.9. The van der Waals surface area contributed by atoms with Crippen LogP contribution in [-0.4, -0.2) is 48.2 Å². The topological polar surface area (TPSA) is 38.8 Å². The molecule has 1 heterocycles. The molecule has 0 saturated carbocycles. The summed E-state index contributed by atoms with van der Waals surface area (Å²) in [6, 6.07) is 0. The number of alkyl halides is 1. The van der Waals surface area contributed by atoms with Gasteiger partial charge in [-0.1, -0.05) is 49.5 Å². The van der Waals surface area contributed by atoms with Gasteiger partial charge in [0.15, 0.2) is 6.29 Å². The third-order valence-electron chi connectivity index (χ3n) is 4.00. The zero-order valence-corrected chi connectivity index (χ0v) is 16.1. The largest absolute Gasteiger partial charge is 0.350 e. The fourth-order valence-electron chi connectivity index (χ4n) is 2.48. The lowest BCUT2D eigenvalue weighted by Crippen LogP contribution is -2.45. The summed E-state index contributed by atoms with van der Waals surface area (Å²) in [5, 5.41) is 0. The van der Waals surface area contributed by atoms with Crippen molar-refractivity contribution < 1.29 is 14.3 Å². The lowest BCUT2D eigenvalue weighted by atomic mass is 10.0. The van der Waals surface area contributed by atoms with Gasteiger partial charge in [-0.2, -0.15) is 0 Å². The SMILES string of the molecule is CCCCC1COC(CN(CCC(C)C)C(=O)C(C)Br)OC1. The number of amides is 1. The number of carbonyl (C=O) groups excluding carboxylic acids is 1. The molecule has 1 atom stereocenters. The molecule has 0 radical (unpaired) electrons. The molecular weight excluding hydrogens is 346 g/mol.